The standard InChI is InChI=1S/C6H5BF2O3/c8-3-1-4(7(11)12)6(10)5(9)2-3/h1-2,10-12H. The fourth-order valence-electron chi connectivity index (χ4n) is 0.783. The molecule has 1 aromatic rings. The summed E-state index contributed by atoms with van der Waals surface area (Å²) in [5.74, 6) is -3.15. The third kappa shape index (κ3) is 1.54. The van der Waals surface area contributed by atoms with Gasteiger partial charge in [0.1, 0.15) is 5.82 Å². The second-order valence-corrected chi connectivity index (χ2v) is 2.20. The van der Waals surface area contributed by atoms with Crippen LogP contribution in [0.3, 0.4) is 0 Å². The van der Waals surface area contributed by atoms with E-state index in [1.807, 2.05) is 0 Å². The van der Waals surface area contributed by atoms with Crippen LogP contribution >= 0.6 is 0 Å². The van der Waals surface area contributed by atoms with Gasteiger partial charge in [0.15, 0.2) is 11.6 Å². The van der Waals surface area contributed by atoms with E-state index in [-0.39, 0.29) is 0 Å². The Morgan fingerprint density at radius 3 is 2.25 bits per heavy atom. The third-order valence-electron chi connectivity index (χ3n) is 1.34. The second-order valence-electron chi connectivity index (χ2n) is 2.20. The Hall–Kier alpha value is -1.14. The summed E-state index contributed by atoms with van der Waals surface area (Å²) in [5.41, 5.74) is -0.590. The van der Waals surface area contributed by atoms with Crippen LogP contribution in [0.4, 0.5) is 8.78 Å². The molecule has 0 aromatic heterocycles. The minimum atomic E-state index is -2.09. The van der Waals surface area contributed by atoms with Gasteiger partial charge < -0.3 is 15.2 Å². The molecule has 3 N–H and O–H groups in total. The van der Waals surface area contributed by atoms with Crippen molar-refractivity contribution in [3.63, 3.8) is 0 Å². The zero-order valence-corrected chi connectivity index (χ0v) is 5.83. The first kappa shape index (κ1) is 8.96. The topological polar surface area (TPSA) is 60.7 Å². The van der Waals surface area contributed by atoms with Crippen molar-refractivity contribution in [2.45, 2.75) is 0 Å². The Kier molecular flexibility index (Phi) is 2.30. The van der Waals surface area contributed by atoms with Crippen molar-refractivity contribution in [3.8, 4) is 5.75 Å². The number of hydrogen-bond donors (Lipinski definition) is 3. The number of hydrogen-bond acceptors (Lipinski definition) is 3. The summed E-state index contributed by atoms with van der Waals surface area (Å²) in [6.45, 7) is 0. The maximum atomic E-state index is 12.5. The lowest BCUT2D eigenvalue weighted by Gasteiger charge is -2.03. The largest absolute Gasteiger partial charge is 0.505 e. The molecule has 0 amide bonds. The van der Waals surface area contributed by atoms with E-state index in [1.54, 1.807) is 0 Å². The van der Waals surface area contributed by atoms with Gasteiger partial charge in [-0.2, -0.15) is 0 Å². The molecule has 0 aliphatic heterocycles. The molecule has 0 aliphatic rings. The van der Waals surface area contributed by atoms with Gasteiger partial charge in [-0.25, -0.2) is 8.78 Å². The maximum Gasteiger partial charge on any atom is 0.492 e. The average molecular weight is 174 g/mol. The molecule has 12 heavy (non-hydrogen) atoms. The van der Waals surface area contributed by atoms with Crippen molar-refractivity contribution in [3.05, 3.63) is 23.8 Å². The highest BCUT2D eigenvalue weighted by Gasteiger charge is 2.20. The van der Waals surface area contributed by atoms with Gasteiger partial charge in [-0.15, -0.1) is 0 Å². The first-order valence-corrected chi connectivity index (χ1v) is 3.06. The normalized spacial score (nSPS) is 10.0. The average Bonchev–Trinajstić information content (AvgIpc) is 1.96. The van der Waals surface area contributed by atoms with Gasteiger partial charge in [0, 0.05) is 11.5 Å². The molecule has 0 saturated heterocycles. The summed E-state index contributed by atoms with van der Waals surface area (Å²) in [5, 5.41) is 25.9. The predicted molar refractivity (Wildman–Crippen MR) is 37.8 cm³/mol. The molecule has 0 heterocycles. The Balaban J connectivity index is 3.28. The van der Waals surface area contributed by atoms with Crippen LogP contribution in [0, 0.1) is 11.6 Å². The highest BCUT2D eigenvalue weighted by atomic mass is 19.1. The van der Waals surface area contributed by atoms with E-state index >= 15 is 0 Å². The monoisotopic (exact) mass is 174 g/mol. The Labute approximate surface area is 67.0 Å². The summed E-state index contributed by atoms with van der Waals surface area (Å²) in [4.78, 5) is 0. The van der Waals surface area contributed by atoms with Gasteiger partial charge in [-0.05, 0) is 6.07 Å². The van der Waals surface area contributed by atoms with Gasteiger partial charge in [0.25, 0.3) is 0 Å². The number of rotatable bonds is 1. The molecule has 1 aromatic carbocycles. The summed E-state index contributed by atoms with van der Waals surface area (Å²) in [6.07, 6.45) is 0. The Bertz CT molecular complexity index is 303. The molecule has 0 unspecified atom stereocenters. The molecular formula is C6H5BF2O3. The molecule has 0 bridgehead atoms. The molecule has 0 radical (unpaired) electrons. The second kappa shape index (κ2) is 3.08. The van der Waals surface area contributed by atoms with Crippen LogP contribution in [-0.4, -0.2) is 22.3 Å². The molecule has 1 rings (SSSR count). The van der Waals surface area contributed by atoms with Crippen molar-refractivity contribution < 1.29 is 23.9 Å². The smallest absolute Gasteiger partial charge is 0.492 e. The number of phenols is 1. The molecule has 0 aliphatic carbocycles. The van der Waals surface area contributed by atoms with E-state index in [0.29, 0.717) is 12.1 Å². The third-order valence-corrected chi connectivity index (χ3v) is 1.34. The molecule has 0 fully saturated rings. The van der Waals surface area contributed by atoms with Gasteiger partial charge >= 0.3 is 7.12 Å². The molecular weight excluding hydrogens is 169 g/mol. The lowest BCUT2D eigenvalue weighted by molar-refractivity contribution is 0.407. The van der Waals surface area contributed by atoms with Crippen molar-refractivity contribution in [1.82, 2.24) is 0 Å². The SMILES string of the molecule is OB(O)c1cc(F)cc(F)c1O. The number of benzene rings is 1. The van der Waals surface area contributed by atoms with Crippen LogP contribution in [0.15, 0.2) is 12.1 Å². The van der Waals surface area contributed by atoms with E-state index in [9.17, 15) is 8.78 Å². The highest BCUT2D eigenvalue weighted by Crippen LogP contribution is 2.13. The predicted octanol–water partition coefficient (Wildman–Crippen LogP) is -0.650. The molecule has 0 atom stereocenters. The Morgan fingerprint density at radius 2 is 1.75 bits per heavy atom. The van der Waals surface area contributed by atoms with E-state index in [1.165, 1.54) is 0 Å². The van der Waals surface area contributed by atoms with Gasteiger partial charge in [-0.3, -0.25) is 0 Å². The molecule has 0 saturated carbocycles. The van der Waals surface area contributed by atoms with Gasteiger partial charge in [0.2, 0.25) is 0 Å². The summed E-state index contributed by atoms with van der Waals surface area (Å²) >= 11 is 0. The maximum absolute atomic E-state index is 12.5. The van der Waals surface area contributed by atoms with Crippen LogP contribution in [0.5, 0.6) is 5.75 Å². The molecule has 64 valence electrons. The minimum absolute atomic E-state index is 0.446. The number of phenolic OH excluding ortho intramolecular Hbond substituents is 1. The van der Waals surface area contributed by atoms with Crippen LogP contribution in [0.1, 0.15) is 0 Å². The van der Waals surface area contributed by atoms with E-state index in [0.717, 1.165) is 0 Å². The lowest BCUT2D eigenvalue weighted by Crippen LogP contribution is -2.30. The first-order chi connectivity index (χ1) is 5.52. The first-order valence-electron chi connectivity index (χ1n) is 3.06. The van der Waals surface area contributed by atoms with Crippen LogP contribution in [0.25, 0.3) is 0 Å². The quantitative estimate of drug-likeness (QED) is 0.495. The summed E-state index contributed by atoms with van der Waals surface area (Å²) in [6, 6.07) is 1.09. The minimum Gasteiger partial charge on any atom is -0.505 e. The van der Waals surface area contributed by atoms with Crippen molar-refractivity contribution in [1.29, 1.82) is 0 Å². The zero-order chi connectivity index (χ0) is 9.30. The fraction of sp³-hybridized carbons (Fsp3) is 0. The summed E-state index contributed by atoms with van der Waals surface area (Å²) < 4.78 is 24.9. The molecule has 3 nitrogen and oxygen atoms in total. The van der Waals surface area contributed by atoms with Crippen LogP contribution < -0.4 is 5.46 Å². The van der Waals surface area contributed by atoms with Crippen LogP contribution in [0.2, 0.25) is 0 Å². The van der Waals surface area contributed by atoms with Crippen molar-refractivity contribution in [2.75, 3.05) is 0 Å². The zero-order valence-electron chi connectivity index (χ0n) is 5.83. The summed E-state index contributed by atoms with van der Waals surface area (Å²) in [7, 11) is -2.09. The number of halogens is 2. The van der Waals surface area contributed by atoms with E-state index in [4.69, 9.17) is 15.2 Å². The lowest BCUT2D eigenvalue weighted by atomic mass is 9.79. The molecule has 6 heteroatoms. The van der Waals surface area contributed by atoms with Crippen molar-refractivity contribution >= 4 is 12.6 Å². The van der Waals surface area contributed by atoms with E-state index < -0.39 is 30.0 Å². The Morgan fingerprint density at radius 1 is 1.17 bits per heavy atom. The van der Waals surface area contributed by atoms with Crippen molar-refractivity contribution in [2.24, 2.45) is 0 Å². The fourth-order valence-corrected chi connectivity index (χ4v) is 0.783. The van der Waals surface area contributed by atoms with Gasteiger partial charge in [0.05, 0.1) is 0 Å². The van der Waals surface area contributed by atoms with Gasteiger partial charge in [-0.1, -0.05) is 0 Å². The van der Waals surface area contributed by atoms with E-state index in [2.05, 4.69) is 0 Å². The molecule has 0 spiro atoms. The van der Waals surface area contributed by atoms with Crippen LogP contribution in [-0.2, 0) is 0 Å². The highest BCUT2D eigenvalue weighted by molar-refractivity contribution is 6.59. The number of aromatic hydroxyl groups is 1.